The number of aliphatic hydroxyl groups is 1. The van der Waals surface area contributed by atoms with Crippen molar-refractivity contribution in [2.45, 2.75) is 71.8 Å². The van der Waals surface area contributed by atoms with E-state index in [9.17, 15) is 5.11 Å². The minimum atomic E-state index is -0.183. The molecule has 2 nitrogen and oxygen atoms in total. The number of aliphatic hydroxyl groups excluding tert-OH is 1. The van der Waals surface area contributed by atoms with Crippen molar-refractivity contribution in [3.05, 3.63) is 70.8 Å². The summed E-state index contributed by atoms with van der Waals surface area (Å²) in [6, 6.07) is 17.5. The van der Waals surface area contributed by atoms with Crippen LogP contribution in [-0.2, 0) is 23.0 Å². The third kappa shape index (κ3) is 4.85. The molecule has 2 heteroatoms. The predicted molar refractivity (Wildman–Crippen MR) is 119 cm³/mol. The molecule has 154 valence electrons. The molecule has 0 heterocycles. The van der Waals surface area contributed by atoms with E-state index in [0.717, 1.165) is 12.8 Å². The highest BCUT2D eigenvalue weighted by Gasteiger charge is 2.41. The third-order valence-corrected chi connectivity index (χ3v) is 6.03. The first-order valence-corrected chi connectivity index (χ1v) is 10.8. The molecule has 1 N–H and O–H groups in total. The van der Waals surface area contributed by atoms with Gasteiger partial charge in [0.1, 0.15) is 0 Å². The van der Waals surface area contributed by atoms with E-state index in [1.165, 1.54) is 22.3 Å². The molecule has 0 spiro atoms. The maximum Gasteiger partial charge on any atom is 0.0738 e. The summed E-state index contributed by atoms with van der Waals surface area (Å²) in [6.07, 6.45) is 1.99. The fourth-order valence-electron chi connectivity index (χ4n) is 4.60. The van der Waals surface area contributed by atoms with Crippen LogP contribution in [0.25, 0.3) is 0 Å². The molecule has 0 bridgehead atoms. The highest BCUT2D eigenvalue weighted by Crippen LogP contribution is 2.43. The number of rotatable bonds is 10. The Balaban J connectivity index is 2.61. The van der Waals surface area contributed by atoms with Crippen molar-refractivity contribution < 1.29 is 9.84 Å². The Morgan fingerprint density at radius 3 is 2.04 bits per heavy atom. The van der Waals surface area contributed by atoms with E-state index < -0.39 is 0 Å². The average Bonchev–Trinajstić information content (AvgIpc) is 2.70. The Kier molecular flexibility index (Phi) is 8.27. The highest BCUT2D eigenvalue weighted by atomic mass is 16.5. The molecular weight excluding hydrogens is 344 g/mol. The molecule has 2 aromatic rings. The summed E-state index contributed by atoms with van der Waals surface area (Å²) in [5.41, 5.74) is 5.30. The molecule has 0 aliphatic heterocycles. The van der Waals surface area contributed by atoms with E-state index in [-0.39, 0.29) is 24.0 Å². The van der Waals surface area contributed by atoms with Gasteiger partial charge in [-0.05, 0) is 41.0 Å². The van der Waals surface area contributed by atoms with Crippen molar-refractivity contribution in [3.8, 4) is 0 Å². The van der Waals surface area contributed by atoms with Crippen LogP contribution < -0.4 is 0 Å². The predicted octanol–water partition coefficient (Wildman–Crippen LogP) is 5.91. The number of aryl methyl sites for hydroxylation is 2. The van der Waals surface area contributed by atoms with Gasteiger partial charge in [-0.3, -0.25) is 0 Å². The van der Waals surface area contributed by atoms with Crippen LogP contribution in [-0.4, -0.2) is 24.4 Å². The summed E-state index contributed by atoms with van der Waals surface area (Å²) in [5.74, 6) is 0.673. The number of hydrogen-bond donors (Lipinski definition) is 1. The molecule has 0 aliphatic carbocycles. The second-order valence-electron chi connectivity index (χ2n) is 8.57. The summed E-state index contributed by atoms with van der Waals surface area (Å²) in [6.45, 7) is 14.0. The molecule has 2 unspecified atom stereocenters. The first-order valence-electron chi connectivity index (χ1n) is 10.8. The molecule has 0 aromatic heterocycles. The number of hydrogen-bond acceptors (Lipinski definition) is 2. The Hall–Kier alpha value is -1.64. The van der Waals surface area contributed by atoms with Gasteiger partial charge in [0.2, 0.25) is 0 Å². The second kappa shape index (κ2) is 10.2. The summed E-state index contributed by atoms with van der Waals surface area (Å²) in [7, 11) is 0. The van der Waals surface area contributed by atoms with E-state index in [1.54, 1.807) is 0 Å². The van der Waals surface area contributed by atoms with Gasteiger partial charge in [-0.1, -0.05) is 90.1 Å². The van der Waals surface area contributed by atoms with Crippen LogP contribution >= 0.6 is 0 Å². The largest absolute Gasteiger partial charge is 0.394 e. The Bertz CT molecular complexity index is 733. The number of ether oxygens (including phenoxy) is 1. The smallest absolute Gasteiger partial charge is 0.0738 e. The zero-order chi connectivity index (χ0) is 20.7. The lowest BCUT2D eigenvalue weighted by atomic mass is 9.67. The summed E-state index contributed by atoms with van der Waals surface area (Å²) in [4.78, 5) is 0. The van der Waals surface area contributed by atoms with Gasteiger partial charge in [0.05, 0.1) is 19.3 Å². The van der Waals surface area contributed by atoms with Crippen molar-refractivity contribution in [2.75, 3.05) is 13.2 Å². The third-order valence-electron chi connectivity index (χ3n) is 6.03. The van der Waals surface area contributed by atoms with Crippen molar-refractivity contribution in [3.63, 3.8) is 0 Å². The van der Waals surface area contributed by atoms with Gasteiger partial charge >= 0.3 is 0 Å². The average molecular weight is 383 g/mol. The SMILES string of the molecule is CCc1ccccc1C(C(C)C)C(OCCO)C(C)(C)c1ccccc1CC. The minimum absolute atomic E-state index is 0.0277. The zero-order valence-corrected chi connectivity index (χ0v) is 18.5. The van der Waals surface area contributed by atoms with E-state index in [2.05, 4.69) is 90.1 Å². The van der Waals surface area contributed by atoms with E-state index >= 15 is 0 Å². The molecule has 0 radical (unpaired) electrons. The normalized spacial score (nSPS) is 14.3. The van der Waals surface area contributed by atoms with Crippen LogP contribution in [0.1, 0.15) is 69.7 Å². The molecule has 0 saturated carbocycles. The summed E-state index contributed by atoms with van der Waals surface area (Å²) in [5, 5.41) is 9.52. The van der Waals surface area contributed by atoms with Crippen molar-refractivity contribution in [1.29, 1.82) is 0 Å². The fourth-order valence-corrected chi connectivity index (χ4v) is 4.60. The van der Waals surface area contributed by atoms with Gasteiger partial charge < -0.3 is 9.84 Å². The molecule has 0 saturated heterocycles. The maximum atomic E-state index is 9.52. The van der Waals surface area contributed by atoms with Crippen LogP contribution in [0.2, 0.25) is 0 Å². The van der Waals surface area contributed by atoms with E-state index in [1.807, 2.05) is 0 Å². The molecule has 0 fully saturated rings. The standard InChI is InChI=1S/C26H38O2/c1-7-20-13-9-11-15-22(20)24(19(3)4)25(28-18-17-27)26(5,6)23-16-12-10-14-21(23)8-2/h9-16,19,24-25,27H,7-8,17-18H2,1-6H3. The Morgan fingerprint density at radius 1 is 0.893 bits per heavy atom. The lowest BCUT2D eigenvalue weighted by molar-refractivity contribution is -0.0350. The molecule has 0 aliphatic rings. The van der Waals surface area contributed by atoms with Crippen LogP contribution in [0.3, 0.4) is 0 Å². The first-order chi connectivity index (χ1) is 13.4. The first kappa shape index (κ1) is 22.6. The lowest BCUT2D eigenvalue weighted by Crippen LogP contribution is -2.43. The summed E-state index contributed by atoms with van der Waals surface area (Å²) < 4.78 is 6.44. The summed E-state index contributed by atoms with van der Waals surface area (Å²) >= 11 is 0. The molecule has 2 rings (SSSR count). The highest BCUT2D eigenvalue weighted by molar-refractivity contribution is 5.38. The number of benzene rings is 2. The monoisotopic (exact) mass is 382 g/mol. The van der Waals surface area contributed by atoms with Gasteiger partial charge in [0.15, 0.2) is 0 Å². The Labute approximate surface area is 172 Å². The lowest BCUT2D eigenvalue weighted by Gasteiger charge is -2.43. The van der Waals surface area contributed by atoms with Crippen molar-refractivity contribution in [1.82, 2.24) is 0 Å². The van der Waals surface area contributed by atoms with Gasteiger partial charge in [-0.15, -0.1) is 0 Å². The van der Waals surface area contributed by atoms with Gasteiger partial charge in [0, 0.05) is 11.3 Å². The van der Waals surface area contributed by atoms with Crippen LogP contribution in [0.15, 0.2) is 48.5 Å². The fraction of sp³-hybridized carbons (Fsp3) is 0.538. The topological polar surface area (TPSA) is 29.5 Å². The molecule has 28 heavy (non-hydrogen) atoms. The van der Waals surface area contributed by atoms with Crippen LogP contribution in [0.4, 0.5) is 0 Å². The second-order valence-corrected chi connectivity index (χ2v) is 8.57. The molecule has 2 aromatic carbocycles. The van der Waals surface area contributed by atoms with Crippen molar-refractivity contribution >= 4 is 0 Å². The van der Waals surface area contributed by atoms with Crippen LogP contribution in [0.5, 0.6) is 0 Å². The zero-order valence-electron chi connectivity index (χ0n) is 18.5. The molecule has 0 amide bonds. The molecular formula is C26H38O2. The maximum absolute atomic E-state index is 9.52. The van der Waals surface area contributed by atoms with Crippen molar-refractivity contribution in [2.24, 2.45) is 5.92 Å². The van der Waals surface area contributed by atoms with Gasteiger partial charge in [0.25, 0.3) is 0 Å². The minimum Gasteiger partial charge on any atom is -0.394 e. The van der Waals surface area contributed by atoms with Crippen LogP contribution in [0, 0.1) is 5.92 Å². The van der Waals surface area contributed by atoms with E-state index in [4.69, 9.17) is 4.74 Å². The quantitative estimate of drug-likeness (QED) is 0.554. The Morgan fingerprint density at radius 2 is 1.46 bits per heavy atom. The van der Waals surface area contributed by atoms with Gasteiger partial charge in [-0.25, -0.2) is 0 Å². The van der Waals surface area contributed by atoms with Gasteiger partial charge in [-0.2, -0.15) is 0 Å². The molecule has 2 atom stereocenters. The van der Waals surface area contributed by atoms with E-state index in [0.29, 0.717) is 12.5 Å².